The molecule has 0 unspecified atom stereocenters. The van der Waals surface area contributed by atoms with Crippen molar-refractivity contribution in [2.75, 3.05) is 13.6 Å². The summed E-state index contributed by atoms with van der Waals surface area (Å²) in [4.78, 5) is 100.0. The van der Waals surface area contributed by atoms with Crippen molar-refractivity contribution in [1.82, 2.24) is 25.8 Å². The van der Waals surface area contributed by atoms with Gasteiger partial charge in [0.2, 0.25) is 17.7 Å². The van der Waals surface area contributed by atoms with E-state index in [-0.39, 0.29) is 25.3 Å². The second kappa shape index (κ2) is 20.8. The normalized spacial score (nSPS) is 27.7. The number of benzene rings is 1. The van der Waals surface area contributed by atoms with Crippen molar-refractivity contribution in [1.29, 1.82) is 0 Å². The fraction of sp³-hybridized carbons (Fsp3) is 0.690. The molecule has 2 aliphatic heterocycles. The fourth-order valence-electron chi connectivity index (χ4n) is 7.14. The monoisotopic (exact) mass is 815 g/mol. The van der Waals surface area contributed by atoms with Gasteiger partial charge in [-0.25, -0.2) is 9.59 Å². The van der Waals surface area contributed by atoms with Gasteiger partial charge in [-0.1, -0.05) is 71.9 Å². The lowest BCUT2D eigenvalue weighted by Gasteiger charge is -2.35. The topological polar surface area (TPSA) is 210 Å². The number of cyclic esters (lactones) is 2. The Kier molecular flexibility index (Phi) is 17.1. The predicted molar refractivity (Wildman–Crippen MR) is 214 cm³/mol. The first-order valence-corrected chi connectivity index (χ1v) is 20.3. The Bertz CT molecular complexity index is 1610. The molecule has 0 saturated carbocycles. The van der Waals surface area contributed by atoms with Crippen molar-refractivity contribution in [3.05, 3.63) is 35.9 Å². The molecular weight excluding hydrogens is 750 g/mol. The summed E-state index contributed by atoms with van der Waals surface area (Å²) in [5.74, 6) is -5.46. The van der Waals surface area contributed by atoms with Crippen LogP contribution >= 0.6 is 0 Å². The molecule has 58 heavy (non-hydrogen) atoms. The van der Waals surface area contributed by atoms with Gasteiger partial charge < -0.3 is 45.1 Å². The van der Waals surface area contributed by atoms with Crippen molar-refractivity contribution < 1.29 is 52.9 Å². The molecule has 0 radical (unpaired) electrons. The van der Waals surface area contributed by atoms with Gasteiger partial charge in [-0.3, -0.25) is 24.0 Å². The highest BCUT2D eigenvalue weighted by Gasteiger charge is 2.44. The lowest BCUT2D eigenvalue weighted by molar-refractivity contribution is -0.162. The van der Waals surface area contributed by atoms with Crippen LogP contribution in [0.25, 0.3) is 0 Å². The van der Waals surface area contributed by atoms with Gasteiger partial charge in [0, 0.05) is 20.0 Å². The van der Waals surface area contributed by atoms with Crippen molar-refractivity contribution in [3.63, 3.8) is 0 Å². The van der Waals surface area contributed by atoms with Crippen LogP contribution in [0.2, 0.25) is 0 Å². The molecule has 0 aromatic heterocycles. The van der Waals surface area contributed by atoms with Crippen LogP contribution in [-0.4, -0.2) is 124 Å². The third-order valence-electron chi connectivity index (χ3n) is 10.2. The van der Waals surface area contributed by atoms with E-state index in [2.05, 4.69) is 16.0 Å². The van der Waals surface area contributed by atoms with Crippen LogP contribution in [0.5, 0.6) is 0 Å². The Hall–Kier alpha value is -4.73. The zero-order chi connectivity index (χ0) is 43.6. The maximum atomic E-state index is 14.4. The zero-order valence-electron chi connectivity index (χ0n) is 35.9. The number of hydrogen-bond donors (Lipinski definition) is 4. The minimum Gasteiger partial charge on any atom is -0.458 e. The Morgan fingerprint density at radius 2 is 1.57 bits per heavy atom. The lowest BCUT2D eigenvalue weighted by atomic mass is 9.95. The number of esters is 2. The number of likely N-dealkylation sites (N-methyl/N-ethyl adjacent to an activating group) is 1. The number of aliphatic hydroxyl groups excluding tert-OH is 1. The zero-order valence-corrected chi connectivity index (χ0v) is 35.9. The van der Waals surface area contributed by atoms with Gasteiger partial charge in [0.1, 0.15) is 35.9 Å². The molecule has 2 saturated heterocycles. The van der Waals surface area contributed by atoms with E-state index in [9.17, 15) is 38.7 Å². The Morgan fingerprint density at radius 3 is 2.14 bits per heavy atom. The van der Waals surface area contributed by atoms with Crippen molar-refractivity contribution in [2.24, 2.45) is 17.8 Å². The Labute approximate surface area is 342 Å². The van der Waals surface area contributed by atoms with E-state index in [1.807, 2.05) is 19.9 Å². The molecule has 4 N–H and O–H groups in total. The second-order valence-electron chi connectivity index (χ2n) is 17.5. The van der Waals surface area contributed by atoms with E-state index in [4.69, 9.17) is 14.2 Å². The SMILES string of the molecule is CC(C)C[C@@H]1NC(=O)[C@H](C(C)C)OC(=O)C[C@H](O)[C@@H](C(C)C)NC(=O)[C@@H](NC(=O)OC(C)(C)C)[C@@H](C)OC(=O)[C@H](Cc2ccccc2)N(C)C(=O)[C@@H]2CCCN2C1=O. The predicted octanol–water partition coefficient (Wildman–Crippen LogP) is 2.88. The van der Waals surface area contributed by atoms with Crippen molar-refractivity contribution in [3.8, 4) is 0 Å². The van der Waals surface area contributed by atoms with E-state index in [1.165, 1.54) is 23.8 Å². The summed E-state index contributed by atoms with van der Waals surface area (Å²) in [6.07, 6.45) is -4.77. The molecule has 0 bridgehead atoms. The molecule has 1 aromatic carbocycles. The molecular formula is C42H65N5O11. The first-order valence-electron chi connectivity index (χ1n) is 20.3. The summed E-state index contributed by atoms with van der Waals surface area (Å²) in [7, 11) is 1.45. The van der Waals surface area contributed by atoms with Crippen LogP contribution in [0.3, 0.4) is 0 Å². The van der Waals surface area contributed by atoms with Crippen LogP contribution in [0.15, 0.2) is 30.3 Å². The first kappa shape index (κ1) is 47.6. The Balaban J connectivity index is 2.16. The van der Waals surface area contributed by atoms with E-state index >= 15 is 0 Å². The molecule has 1 aromatic rings. The highest BCUT2D eigenvalue weighted by atomic mass is 16.6. The minimum atomic E-state index is -1.57. The molecule has 8 atom stereocenters. The molecule has 0 spiro atoms. The van der Waals surface area contributed by atoms with Crippen LogP contribution in [0, 0.1) is 17.8 Å². The van der Waals surface area contributed by atoms with E-state index in [0.29, 0.717) is 18.4 Å². The summed E-state index contributed by atoms with van der Waals surface area (Å²) in [6.45, 7) is 17.0. The highest BCUT2D eigenvalue weighted by molar-refractivity contribution is 5.95. The van der Waals surface area contributed by atoms with Crippen LogP contribution < -0.4 is 16.0 Å². The third kappa shape index (κ3) is 13.4. The number of aliphatic hydroxyl groups is 1. The van der Waals surface area contributed by atoms with Gasteiger partial charge in [-0.05, 0) is 70.3 Å². The molecule has 16 nitrogen and oxygen atoms in total. The van der Waals surface area contributed by atoms with Gasteiger partial charge in [0.15, 0.2) is 6.10 Å². The Morgan fingerprint density at radius 1 is 0.931 bits per heavy atom. The number of amides is 5. The summed E-state index contributed by atoms with van der Waals surface area (Å²) < 4.78 is 17.0. The quantitative estimate of drug-likeness (QED) is 0.232. The van der Waals surface area contributed by atoms with Gasteiger partial charge in [-0.2, -0.15) is 0 Å². The number of rotatable bonds is 7. The van der Waals surface area contributed by atoms with Crippen LogP contribution in [-0.2, 0) is 49.4 Å². The molecule has 2 aliphatic rings. The lowest BCUT2D eigenvalue weighted by Crippen LogP contribution is -2.59. The van der Waals surface area contributed by atoms with Crippen molar-refractivity contribution in [2.45, 2.75) is 155 Å². The smallest absolute Gasteiger partial charge is 0.408 e. The molecule has 2 fully saturated rings. The van der Waals surface area contributed by atoms with Crippen LogP contribution in [0.1, 0.15) is 100 Å². The highest BCUT2D eigenvalue weighted by Crippen LogP contribution is 2.25. The number of ether oxygens (including phenoxy) is 3. The summed E-state index contributed by atoms with van der Waals surface area (Å²) >= 11 is 0. The maximum absolute atomic E-state index is 14.4. The number of carbonyl (C=O) groups excluding carboxylic acids is 7. The molecule has 324 valence electrons. The number of carbonyl (C=O) groups is 7. The largest absolute Gasteiger partial charge is 0.458 e. The molecule has 16 heteroatoms. The van der Waals surface area contributed by atoms with Gasteiger partial charge >= 0.3 is 18.0 Å². The molecule has 3 rings (SSSR count). The summed E-state index contributed by atoms with van der Waals surface area (Å²) in [5, 5.41) is 19.3. The fourth-order valence-corrected chi connectivity index (χ4v) is 7.14. The first-order chi connectivity index (χ1) is 27.0. The van der Waals surface area contributed by atoms with E-state index in [0.717, 1.165) is 0 Å². The molecule has 5 amide bonds. The number of nitrogens with one attached hydrogen (secondary N) is 3. The average Bonchev–Trinajstić information content (AvgIpc) is 3.61. The maximum Gasteiger partial charge on any atom is 0.408 e. The van der Waals surface area contributed by atoms with E-state index < -0.39 is 114 Å². The summed E-state index contributed by atoms with van der Waals surface area (Å²) in [5.41, 5.74) is -0.254. The van der Waals surface area contributed by atoms with Gasteiger partial charge in [0.05, 0.1) is 18.6 Å². The average molecular weight is 816 g/mol. The standard InChI is InChI=1S/C42H65N5O11/c1-23(2)20-28-38(52)47-19-15-18-29(47)39(53)46(11)30(21-27-16-13-12-14-17-27)40(54)56-26(7)34(45-41(55)58-42(8,9)10)36(50)44-33(24(3)4)31(48)22-32(49)57-35(25(5)6)37(51)43-28/h12-14,16-17,23-26,28-31,33-35,48H,15,18-22H2,1-11H3,(H,43,51)(H,44,50)(H,45,55)/t26-,28+,29+,30+,31+,33-,34+,35+/m1/s1. The number of alkyl carbamates (subject to hydrolysis) is 1. The molecule has 0 aliphatic carbocycles. The van der Waals surface area contributed by atoms with E-state index in [1.54, 1.807) is 72.7 Å². The number of fused-ring (bicyclic) bond motifs is 1. The number of hydrogen-bond acceptors (Lipinski definition) is 11. The van der Waals surface area contributed by atoms with Crippen molar-refractivity contribution >= 4 is 41.7 Å². The van der Waals surface area contributed by atoms with Gasteiger partial charge in [0.25, 0.3) is 5.91 Å². The minimum absolute atomic E-state index is 0.0178. The third-order valence-corrected chi connectivity index (χ3v) is 10.2. The van der Waals surface area contributed by atoms with Gasteiger partial charge in [-0.15, -0.1) is 0 Å². The number of nitrogens with zero attached hydrogens (tertiary/aromatic N) is 2. The summed E-state index contributed by atoms with van der Waals surface area (Å²) in [6, 6.07) is 3.03. The van der Waals surface area contributed by atoms with Crippen LogP contribution in [0.4, 0.5) is 4.79 Å². The molecule has 2 heterocycles. The second-order valence-corrected chi connectivity index (χ2v) is 17.5.